The molecule has 0 saturated carbocycles. The molecule has 2 aromatic rings. The van der Waals surface area contributed by atoms with Gasteiger partial charge < -0.3 is 34.5 Å². The van der Waals surface area contributed by atoms with Gasteiger partial charge in [0.25, 0.3) is 5.91 Å². The molecule has 1 amide bonds. The predicted octanol–water partition coefficient (Wildman–Crippen LogP) is 4.52. The molecule has 2 aliphatic heterocycles. The van der Waals surface area contributed by atoms with E-state index in [0.717, 1.165) is 25.2 Å². The minimum Gasteiger partial charge on any atom is -0.488 e. The molecule has 3 heterocycles. The molecule has 0 spiro atoms. The molecular weight excluding hydrogens is 552 g/mol. The van der Waals surface area contributed by atoms with Crippen LogP contribution in [-0.4, -0.2) is 71.9 Å². The standard InChI is InChI=1S/C30H44N6O5Si/c1-20-15-32-26(17-31-20)35-27(37)22-12-23(40-21(2)18-39-42(7,8)29(3,4)5)14-24(13-22)41-30(6)19-33-25(16-34-30)28(38)36-10-9-11-36/h12-17,19,21,27,34,37H,9-11,18H2,1-8H3,(H,32,35)/t21-,27?,30?/m0/s1. The molecule has 11 nitrogen and oxygen atoms in total. The summed E-state index contributed by atoms with van der Waals surface area (Å²) >= 11 is 0. The number of nitrogens with one attached hydrogen (secondary N) is 2. The fourth-order valence-electron chi connectivity index (χ4n) is 3.96. The van der Waals surface area contributed by atoms with Gasteiger partial charge in [-0.25, -0.2) is 9.98 Å². The number of aliphatic hydroxyl groups excluding tert-OH is 1. The zero-order valence-electron chi connectivity index (χ0n) is 25.9. The predicted molar refractivity (Wildman–Crippen MR) is 165 cm³/mol. The number of hydrogen-bond donors (Lipinski definition) is 3. The van der Waals surface area contributed by atoms with Gasteiger partial charge in [0.05, 0.1) is 30.9 Å². The number of rotatable bonds is 11. The van der Waals surface area contributed by atoms with Crippen molar-refractivity contribution in [3.63, 3.8) is 0 Å². The summed E-state index contributed by atoms with van der Waals surface area (Å²) < 4.78 is 18.9. The minimum atomic E-state index is -1.95. The second-order valence-electron chi connectivity index (χ2n) is 12.6. The number of anilines is 1. The second-order valence-corrected chi connectivity index (χ2v) is 17.4. The van der Waals surface area contributed by atoms with Crippen LogP contribution in [0.25, 0.3) is 0 Å². The maximum Gasteiger partial charge on any atom is 0.273 e. The minimum absolute atomic E-state index is 0.0838. The van der Waals surface area contributed by atoms with Crippen LogP contribution < -0.4 is 20.1 Å². The van der Waals surface area contributed by atoms with E-state index in [4.69, 9.17) is 13.9 Å². The number of likely N-dealkylation sites (tertiary alicyclic amines) is 1. The highest BCUT2D eigenvalue weighted by Crippen LogP contribution is 2.37. The number of carbonyl (C=O) groups excluding carboxylic acids is 1. The summed E-state index contributed by atoms with van der Waals surface area (Å²) in [6, 6.07) is 5.23. The van der Waals surface area contributed by atoms with Crippen LogP contribution in [0.4, 0.5) is 5.82 Å². The Kier molecular flexibility index (Phi) is 9.29. The number of aryl methyl sites for hydroxylation is 1. The average molecular weight is 597 g/mol. The Morgan fingerprint density at radius 1 is 1.19 bits per heavy atom. The van der Waals surface area contributed by atoms with Gasteiger partial charge in [-0.1, -0.05) is 20.8 Å². The van der Waals surface area contributed by atoms with Gasteiger partial charge in [-0.2, -0.15) is 0 Å². The van der Waals surface area contributed by atoms with Crippen LogP contribution >= 0.6 is 0 Å². The normalized spacial score (nSPS) is 20.1. The Labute approximate surface area is 249 Å². The molecule has 0 aliphatic carbocycles. The van der Waals surface area contributed by atoms with Crippen molar-refractivity contribution in [2.75, 3.05) is 25.0 Å². The third-order valence-corrected chi connectivity index (χ3v) is 12.2. The lowest BCUT2D eigenvalue weighted by atomic mass is 10.1. The summed E-state index contributed by atoms with van der Waals surface area (Å²) in [5, 5.41) is 17.3. The number of benzene rings is 1. The molecule has 42 heavy (non-hydrogen) atoms. The molecule has 1 saturated heterocycles. The largest absolute Gasteiger partial charge is 0.488 e. The van der Waals surface area contributed by atoms with Gasteiger partial charge in [-0.05, 0) is 50.5 Å². The highest BCUT2D eigenvalue weighted by molar-refractivity contribution is 6.74. The van der Waals surface area contributed by atoms with Gasteiger partial charge in [-0.3, -0.25) is 9.78 Å². The Morgan fingerprint density at radius 2 is 1.90 bits per heavy atom. The van der Waals surface area contributed by atoms with Gasteiger partial charge in [0, 0.05) is 37.8 Å². The molecule has 3 N–H and O–H groups in total. The molecule has 12 heteroatoms. The summed E-state index contributed by atoms with van der Waals surface area (Å²) in [6.45, 7) is 18.5. The van der Waals surface area contributed by atoms with Crippen LogP contribution in [0.2, 0.25) is 18.1 Å². The number of nitrogens with zero attached hydrogens (tertiary/aromatic N) is 4. The van der Waals surface area contributed by atoms with Crippen LogP contribution in [-0.2, 0) is 9.22 Å². The maximum absolute atomic E-state index is 12.5. The van der Waals surface area contributed by atoms with Crippen LogP contribution in [0.15, 0.2) is 47.5 Å². The smallest absolute Gasteiger partial charge is 0.273 e. The first-order chi connectivity index (χ1) is 19.6. The number of ether oxygens (including phenoxy) is 2. The highest BCUT2D eigenvalue weighted by Gasteiger charge is 2.37. The second kappa shape index (κ2) is 12.4. The topological polar surface area (TPSA) is 130 Å². The number of carbonyl (C=O) groups is 1. The van der Waals surface area contributed by atoms with E-state index in [-0.39, 0.29) is 17.0 Å². The Balaban J connectivity index is 1.52. The first kappa shape index (κ1) is 31.5. The molecular formula is C30H44N6O5Si. The van der Waals surface area contributed by atoms with Crippen LogP contribution in [0.1, 0.15) is 58.5 Å². The van der Waals surface area contributed by atoms with Gasteiger partial charge >= 0.3 is 0 Å². The van der Waals surface area contributed by atoms with Crippen molar-refractivity contribution in [1.82, 2.24) is 20.2 Å². The van der Waals surface area contributed by atoms with Crippen molar-refractivity contribution < 1.29 is 23.8 Å². The molecule has 1 fully saturated rings. The van der Waals surface area contributed by atoms with E-state index in [9.17, 15) is 9.90 Å². The zero-order chi connectivity index (χ0) is 30.7. The van der Waals surface area contributed by atoms with Gasteiger partial charge in [0.2, 0.25) is 5.72 Å². The SMILES string of the molecule is Cc1cnc(NC(O)c2cc(O[C@@H](C)CO[Si](C)(C)C(C)(C)C)cc(OC3(C)C=NC(C(=O)N4CCC4)=CN3)c2)cn1. The first-order valence-electron chi connectivity index (χ1n) is 14.3. The maximum atomic E-state index is 12.5. The molecule has 3 atom stereocenters. The molecule has 2 unspecified atom stereocenters. The summed E-state index contributed by atoms with van der Waals surface area (Å²) in [5.74, 6) is 1.26. The summed E-state index contributed by atoms with van der Waals surface area (Å²) in [7, 11) is -1.95. The Hall–Kier alpha value is -3.48. The average Bonchev–Trinajstić information content (AvgIpc) is 2.87. The summed E-state index contributed by atoms with van der Waals surface area (Å²) in [5.41, 5.74) is 0.575. The highest BCUT2D eigenvalue weighted by atomic mass is 28.4. The van der Waals surface area contributed by atoms with E-state index >= 15 is 0 Å². The van der Waals surface area contributed by atoms with Crippen molar-refractivity contribution in [1.29, 1.82) is 0 Å². The summed E-state index contributed by atoms with van der Waals surface area (Å²) in [6.07, 6.45) is 5.97. The monoisotopic (exact) mass is 596 g/mol. The Bertz CT molecular complexity index is 1320. The third kappa shape index (κ3) is 7.87. The zero-order valence-corrected chi connectivity index (χ0v) is 26.9. The summed E-state index contributed by atoms with van der Waals surface area (Å²) in [4.78, 5) is 27.2. The number of amides is 1. The van der Waals surface area contributed by atoms with E-state index in [2.05, 4.69) is 59.5 Å². The van der Waals surface area contributed by atoms with Gasteiger partial charge in [0.1, 0.15) is 29.1 Å². The number of aliphatic imine (C=N–C) groups is 1. The fourth-order valence-corrected chi connectivity index (χ4v) is 5.04. The van der Waals surface area contributed by atoms with Crippen molar-refractivity contribution in [3.05, 3.63) is 53.7 Å². The van der Waals surface area contributed by atoms with Crippen molar-refractivity contribution >= 4 is 26.3 Å². The molecule has 1 aromatic heterocycles. The van der Waals surface area contributed by atoms with Crippen molar-refractivity contribution in [3.8, 4) is 11.5 Å². The number of hydrogen-bond acceptors (Lipinski definition) is 10. The van der Waals surface area contributed by atoms with Crippen LogP contribution in [0.5, 0.6) is 11.5 Å². The lowest BCUT2D eigenvalue weighted by molar-refractivity contribution is -0.130. The van der Waals surface area contributed by atoms with E-state index in [0.29, 0.717) is 35.2 Å². The molecule has 228 valence electrons. The molecule has 0 radical (unpaired) electrons. The lowest BCUT2D eigenvalue weighted by Crippen LogP contribution is -2.50. The quantitative estimate of drug-likeness (QED) is 0.253. The van der Waals surface area contributed by atoms with E-state index in [1.807, 2.05) is 13.8 Å². The first-order valence-corrected chi connectivity index (χ1v) is 17.3. The lowest BCUT2D eigenvalue weighted by Gasteiger charge is -2.37. The number of aliphatic hydroxyl groups is 1. The van der Waals surface area contributed by atoms with Gasteiger partial charge in [-0.15, -0.1) is 0 Å². The molecule has 4 rings (SSSR count). The van der Waals surface area contributed by atoms with E-state index < -0.39 is 20.3 Å². The Morgan fingerprint density at radius 3 is 2.48 bits per heavy atom. The molecule has 0 bridgehead atoms. The van der Waals surface area contributed by atoms with Crippen molar-refractivity contribution in [2.45, 2.75) is 84.2 Å². The van der Waals surface area contributed by atoms with Gasteiger partial charge in [0.15, 0.2) is 14.5 Å². The van der Waals surface area contributed by atoms with E-state index in [1.165, 1.54) is 0 Å². The van der Waals surface area contributed by atoms with Crippen LogP contribution in [0.3, 0.4) is 0 Å². The molecule has 1 aromatic carbocycles. The van der Waals surface area contributed by atoms with Crippen LogP contribution in [0, 0.1) is 6.92 Å². The van der Waals surface area contributed by atoms with Crippen molar-refractivity contribution in [2.24, 2.45) is 4.99 Å². The fraction of sp³-hybridized carbons (Fsp3) is 0.533. The molecule has 2 aliphatic rings. The van der Waals surface area contributed by atoms with E-state index in [1.54, 1.807) is 54.8 Å². The number of aromatic nitrogens is 2. The third-order valence-electron chi connectivity index (χ3n) is 7.74.